The molecule has 1 atom stereocenters. The van der Waals surface area contributed by atoms with Crippen LogP contribution in [0.15, 0.2) is 54.7 Å². The number of carboxylic acids is 1. The van der Waals surface area contributed by atoms with E-state index >= 15 is 0 Å². The SMILES string of the molecule is O=C(O)C(Cc1cn(Cc2cccc(F)c2)c2ccccc12)NCl. The fraction of sp³-hybridized carbons (Fsp3) is 0.167. The summed E-state index contributed by atoms with van der Waals surface area (Å²) in [5.41, 5.74) is 2.69. The van der Waals surface area contributed by atoms with Gasteiger partial charge in [-0.1, -0.05) is 30.3 Å². The molecule has 0 aliphatic rings. The van der Waals surface area contributed by atoms with Gasteiger partial charge in [0.2, 0.25) is 0 Å². The molecule has 1 heterocycles. The Morgan fingerprint density at radius 2 is 2.04 bits per heavy atom. The zero-order chi connectivity index (χ0) is 17.1. The fourth-order valence-corrected chi connectivity index (χ4v) is 3.01. The highest BCUT2D eigenvalue weighted by atomic mass is 35.5. The van der Waals surface area contributed by atoms with Gasteiger partial charge in [0, 0.05) is 30.1 Å². The lowest BCUT2D eigenvalue weighted by molar-refractivity contribution is -0.138. The van der Waals surface area contributed by atoms with Crippen molar-refractivity contribution in [3.8, 4) is 0 Å². The van der Waals surface area contributed by atoms with Gasteiger partial charge < -0.3 is 9.67 Å². The van der Waals surface area contributed by atoms with Crippen LogP contribution in [0.1, 0.15) is 11.1 Å². The lowest BCUT2D eigenvalue weighted by Crippen LogP contribution is -2.32. The Labute approximate surface area is 143 Å². The second-order valence-corrected chi connectivity index (χ2v) is 5.85. The lowest BCUT2D eigenvalue weighted by Gasteiger charge is -2.08. The van der Waals surface area contributed by atoms with Crippen molar-refractivity contribution in [2.24, 2.45) is 0 Å². The van der Waals surface area contributed by atoms with Gasteiger partial charge in [-0.25, -0.2) is 9.23 Å². The molecule has 0 amide bonds. The second-order valence-electron chi connectivity index (χ2n) is 5.63. The molecule has 0 saturated carbocycles. The first-order valence-electron chi connectivity index (χ1n) is 7.48. The van der Waals surface area contributed by atoms with E-state index < -0.39 is 12.0 Å². The third kappa shape index (κ3) is 3.42. The summed E-state index contributed by atoms with van der Waals surface area (Å²) in [5, 5.41) is 10.1. The highest BCUT2D eigenvalue weighted by Gasteiger charge is 2.19. The number of fused-ring (bicyclic) bond motifs is 1. The van der Waals surface area contributed by atoms with Crippen molar-refractivity contribution in [3.63, 3.8) is 0 Å². The first-order valence-corrected chi connectivity index (χ1v) is 7.86. The Balaban J connectivity index is 1.98. The van der Waals surface area contributed by atoms with Crippen molar-refractivity contribution in [2.75, 3.05) is 0 Å². The number of para-hydroxylation sites is 1. The third-order valence-electron chi connectivity index (χ3n) is 3.97. The van der Waals surface area contributed by atoms with Crippen molar-refractivity contribution in [1.82, 2.24) is 9.40 Å². The van der Waals surface area contributed by atoms with Crippen LogP contribution in [0.5, 0.6) is 0 Å². The van der Waals surface area contributed by atoms with Crippen molar-refractivity contribution in [2.45, 2.75) is 19.0 Å². The summed E-state index contributed by atoms with van der Waals surface area (Å²) in [4.78, 5) is 13.5. The number of carboxylic acid groups (broad SMARTS) is 1. The molecule has 0 aliphatic heterocycles. The fourth-order valence-electron chi connectivity index (χ4n) is 2.84. The van der Waals surface area contributed by atoms with Crippen molar-refractivity contribution < 1.29 is 14.3 Å². The number of hydrogen-bond acceptors (Lipinski definition) is 2. The highest BCUT2D eigenvalue weighted by molar-refractivity contribution is 6.14. The lowest BCUT2D eigenvalue weighted by atomic mass is 10.1. The number of hydrogen-bond donors (Lipinski definition) is 2. The predicted molar refractivity (Wildman–Crippen MR) is 91.6 cm³/mol. The van der Waals surface area contributed by atoms with E-state index in [0.29, 0.717) is 6.54 Å². The van der Waals surface area contributed by atoms with E-state index in [9.17, 15) is 14.3 Å². The van der Waals surface area contributed by atoms with E-state index in [1.54, 1.807) is 6.07 Å². The van der Waals surface area contributed by atoms with E-state index in [-0.39, 0.29) is 12.2 Å². The molecule has 0 bridgehead atoms. The maximum atomic E-state index is 13.4. The number of aromatic nitrogens is 1. The van der Waals surface area contributed by atoms with Gasteiger partial charge in [0.25, 0.3) is 0 Å². The maximum Gasteiger partial charge on any atom is 0.322 e. The monoisotopic (exact) mass is 346 g/mol. The number of nitrogens with zero attached hydrogens (tertiary/aromatic N) is 1. The van der Waals surface area contributed by atoms with Crippen molar-refractivity contribution in [1.29, 1.82) is 0 Å². The summed E-state index contributed by atoms with van der Waals surface area (Å²) in [6.07, 6.45) is 2.16. The van der Waals surface area contributed by atoms with E-state index in [4.69, 9.17) is 11.8 Å². The average molecular weight is 347 g/mol. The van der Waals surface area contributed by atoms with Gasteiger partial charge in [-0.2, -0.15) is 0 Å². The summed E-state index contributed by atoms with van der Waals surface area (Å²) in [6, 6.07) is 13.3. The molecule has 3 aromatic rings. The quantitative estimate of drug-likeness (QED) is 0.671. The summed E-state index contributed by atoms with van der Waals surface area (Å²) < 4.78 is 15.4. The van der Waals surface area contributed by atoms with E-state index in [2.05, 4.69) is 4.84 Å². The topological polar surface area (TPSA) is 54.3 Å². The molecule has 24 heavy (non-hydrogen) atoms. The number of halogens is 2. The van der Waals surface area contributed by atoms with E-state index in [0.717, 1.165) is 22.0 Å². The largest absolute Gasteiger partial charge is 0.480 e. The molecule has 0 radical (unpaired) electrons. The summed E-state index contributed by atoms with van der Waals surface area (Å²) in [5.74, 6) is -1.28. The highest BCUT2D eigenvalue weighted by Crippen LogP contribution is 2.24. The molecule has 0 aliphatic carbocycles. The Bertz CT molecular complexity index is 878. The molecule has 1 unspecified atom stereocenters. The van der Waals surface area contributed by atoms with Gasteiger partial charge in [0.05, 0.1) is 0 Å². The van der Waals surface area contributed by atoms with Crippen LogP contribution in [-0.2, 0) is 17.8 Å². The third-order valence-corrected chi connectivity index (χ3v) is 4.23. The number of nitrogens with one attached hydrogen (secondary N) is 1. The number of carbonyl (C=O) groups is 1. The van der Waals surface area contributed by atoms with Crippen LogP contribution in [-0.4, -0.2) is 21.7 Å². The Morgan fingerprint density at radius 3 is 2.75 bits per heavy atom. The zero-order valence-electron chi connectivity index (χ0n) is 12.7. The predicted octanol–water partition coefficient (Wildman–Crippen LogP) is 3.57. The van der Waals surface area contributed by atoms with Gasteiger partial charge in [-0.15, -0.1) is 0 Å². The molecule has 0 spiro atoms. The molecule has 124 valence electrons. The maximum absolute atomic E-state index is 13.4. The smallest absolute Gasteiger partial charge is 0.322 e. The van der Waals surface area contributed by atoms with Crippen LogP contribution in [0.3, 0.4) is 0 Å². The van der Waals surface area contributed by atoms with Gasteiger partial charge in [0.1, 0.15) is 11.9 Å². The van der Waals surface area contributed by atoms with Gasteiger partial charge in [-0.05, 0) is 41.1 Å². The van der Waals surface area contributed by atoms with E-state index in [1.807, 2.05) is 41.1 Å². The van der Waals surface area contributed by atoms with Crippen LogP contribution in [0.25, 0.3) is 10.9 Å². The van der Waals surface area contributed by atoms with Crippen LogP contribution in [0.2, 0.25) is 0 Å². The van der Waals surface area contributed by atoms with Gasteiger partial charge >= 0.3 is 5.97 Å². The molecule has 6 heteroatoms. The molecule has 4 nitrogen and oxygen atoms in total. The molecule has 0 fully saturated rings. The van der Waals surface area contributed by atoms with Crippen LogP contribution in [0.4, 0.5) is 4.39 Å². The minimum atomic E-state index is -1.01. The molecule has 2 aromatic carbocycles. The number of rotatable bonds is 6. The van der Waals surface area contributed by atoms with Crippen molar-refractivity contribution >= 4 is 28.6 Å². The van der Waals surface area contributed by atoms with Crippen molar-refractivity contribution in [3.05, 3.63) is 71.7 Å². The average Bonchev–Trinajstić information content (AvgIpc) is 2.90. The normalized spacial score (nSPS) is 12.4. The Morgan fingerprint density at radius 1 is 1.25 bits per heavy atom. The molecular formula is C18H16ClFN2O2. The molecule has 3 rings (SSSR count). The molecule has 0 saturated heterocycles. The molecule has 1 aromatic heterocycles. The van der Waals surface area contributed by atoms with Gasteiger partial charge in [0.15, 0.2) is 0 Å². The first-order chi connectivity index (χ1) is 11.6. The number of aliphatic carboxylic acids is 1. The second kappa shape index (κ2) is 7.03. The molecule has 2 N–H and O–H groups in total. The minimum Gasteiger partial charge on any atom is -0.480 e. The standard InChI is InChI=1S/C18H16ClFN2O2/c19-21-16(18(23)24)9-13-11-22(17-7-2-1-6-15(13)17)10-12-4-3-5-14(20)8-12/h1-8,11,16,21H,9-10H2,(H,23,24). The van der Waals surface area contributed by atoms with E-state index in [1.165, 1.54) is 12.1 Å². The Kier molecular flexibility index (Phi) is 4.83. The van der Waals surface area contributed by atoms with Crippen LogP contribution in [0, 0.1) is 5.82 Å². The zero-order valence-corrected chi connectivity index (χ0v) is 13.5. The summed E-state index contributed by atoms with van der Waals surface area (Å²) in [7, 11) is 0. The number of benzene rings is 2. The summed E-state index contributed by atoms with van der Waals surface area (Å²) in [6.45, 7) is 0.504. The summed E-state index contributed by atoms with van der Waals surface area (Å²) >= 11 is 5.54. The molecular weight excluding hydrogens is 331 g/mol. The first kappa shape index (κ1) is 16.5. The minimum absolute atomic E-state index is 0.259. The van der Waals surface area contributed by atoms with Crippen LogP contribution >= 0.6 is 11.8 Å². The van der Waals surface area contributed by atoms with Gasteiger partial charge in [-0.3, -0.25) is 4.79 Å². The van der Waals surface area contributed by atoms with Crippen LogP contribution < -0.4 is 4.84 Å². The Hall–Kier alpha value is -2.37.